The number of aryl methyl sites for hydroxylation is 2. The number of fused-ring (bicyclic) bond motifs is 1. The van der Waals surface area contributed by atoms with Crippen molar-refractivity contribution in [3.8, 4) is 22.5 Å². The Kier molecular flexibility index (Phi) is 6.25. The molecule has 2 aliphatic heterocycles. The summed E-state index contributed by atoms with van der Waals surface area (Å²) in [5, 5.41) is 12.0. The molecule has 0 saturated carbocycles. The smallest absolute Gasteiger partial charge is 0.381 e. The molecule has 13 heteroatoms. The van der Waals surface area contributed by atoms with Gasteiger partial charge in [0.1, 0.15) is 23.4 Å². The van der Waals surface area contributed by atoms with Gasteiger partial charge in [-0.3, -0.25) is 9.48 Å². The molecular weight excluding hydrogens is 513 g/mol. The molecule has 5 heterocycles. The number of benzene rings is 1. The van der Waals surface area contributed by atoms with Gasteiger partial charge in [0.2, 0.25) is 5.91 Å². The normalized spacial score (nSPS) is 19.8. The first-order valence-electron chi connectivity index (χ1n) is 12.7. The van der Waals surface area contributed by atoms with E-state index < -0.39 is 11.7 Å². The summed E-state index contributed by atoms with van der Waals surface area (Å²) in [6.45, 7) is 4.16. The minimum atomic E-state index is -4.42. The third kappa shape index (κ3) is 4.60. The van der Waals surface area contributed by atoms with Gasteiger partial charge in [-0.05, 0) is 31.9 Å². The molecule has 1 N–H and O–H groups in total. The Morgan fingerprint density at radius 3 is 2.67 bits per heavy atom. The van der Waals surface area contributed by atoms with Crippen LogP contribution >= 0.6 is 0 Å². The number of anilines is 1. The lowest BCUT2D eigenvalue weighted by Gasteiger charge is -2.20. The summed E-state index contributed by atoms with van der Waals surface area (Å²) >= 11 is 0. The molecule has 204 valence electrons. The Morgan fingerprint density at radius 1 is 1.15 bits per heavy atom. The predicted molar refractivity (Wildman–Crippen MR) is 136 cm³/mol. The van der Waals surface area contributed by atoms with Crippen LogP contribution in [0.2, 0.25) is 0 Å². The Morgan fingerprint density at radius 2 is 1.95 bits per heavy atom. The topological polar surface area (TPSA) is 102 Å². The zero-order valence-corrected chi connectivity index (χ0v) is 21.4. The predicted octanol–water partition coefficient (Wildman–Crippen LogP) is 3.25. The molecule has 0 radical (unpaired) electrons. The Hall–Kier alpha value is -4.00. The van der Waals surface area contributed by atoms with Gasteiger partial charge >= 0.3 is 6.18 Å². The lowest BCUT2D eigenvalue weighted by Crippen LogP contribution is -2.40. The number of carbonyl (C=O) groups is 1. The molecule has 3 aromatic heterocycles. The second-order valence-electron chi connectivity index (χ2n) is 9.96. The number of ether oxygens (including phenoxy) is 1. The molecule has 2 saturated heterocycles. The summed E-state index contributed by atoms with van der Waals surface area (Å²) in [4.78, 5) is 24.1. The number of halogens is 3. The molecular formula is C26H27F3N8O2. The maximum atomic E-state index is 13.2. The van der Waals surface area contributed by atoms with Gasteiger partial charge < -0.3 is 15.0 Å². The Bertz CT molecular complexity index is 1520. The fourth-order valence-corrected chi connectivity index (χ4v) is 5.38. The van der Waals surface area contributed by atoms with Crippen molar-refractivity contribution in [3.05, 3.63) is 48.2 Å². The number of rotatable bonds is 5. The number of carbonyl (C=O) groups excluding carboxylic acids is 1. The van der Waals surface area contributed by atoms with Crippen molar-refractivity contribution in [2.24, 2.45) is 13.0 Å². The van der Waals surface area contributed by atoms with E-state index in [9.17, 15) is 18.0 Å². The van der Waals surface area contributed by atoms with E-state index in [1.807, 2.05) is 6.92 Å². The molecule has 0 spiro atoms. The van der Waals surface area contributed by atoms with Gasteiger partial charge in [-0.15, -0.1) is 0 Å². The van der Waals surface area contributed by atoms with Gasteiger partial charge in [0.15, 0.2) is 5.82 Å². The molecule has 10 nitrogen and oxygen atoms in total. The van der Waals surface area contributed by atoms with Gasteiger partial charge in [0.05, 0.1) is 30.0 Å². The summed E-state index contributed by atoms with van der Waals surface area (Å²) in [5.41, 5.74) is 2.40. The fraction of sp³-hybridized carbons (Fsp3) is 0.423. The largest absolute Gasteiger partial charge is 0.416 e. The third-order valence-corrected chi connectivity index (χ3v) is 7.39. The summed E-state index contributed by atoms with van der Waals surface area (Å²) in [5.74, 6) is 1.22. The number of hydrogen-bond donors (Lipinski definition) is 1. The number of alkyl halides is 3. The van der Waals surface area contributed by atoms with Gasteiger partial charge in [0.25, 0.3) is 0 Å². The second kappa shape index (κ2) is 9.63. The van der Waals surface area contributed by atoms with Crippen LogP contribution in [0.1, 0.15) is 24.2 Å². The lowest BCUT2D eigenvalue weighted by molar-refractivity contribution is -0.137. The van der Waals surface area contributed by atoms with Gasteiger partial charge in [-0.25, -0.2) is 14.5 Å². The van der Waals surface area contributed by atoms with Crippen LogP contribution in [-0.2, 0) is 22.8 Å². The van der Waals surface area contributed by atoms with E-state index in [-0.39, 0.29) is 17.9 Å². The number of aromatic nitrogens is 6. The quantitative estimate of drug-likeness (QED) is 0.415. The second-order valence-corrected chi connectivity index (χ2v) is 9.96. The van der Waals surface area contributed by atoms with Crippen molar-refractivity contribution in [3.63, 3.8) is 0 Å². The van der Waals surface area contributed by atoms with Crippen LogP contribution in [-0.4, -0.2) is 67.6 Å². The minimum absolute atomic E-state index is 0.0182. The number of imidazole rings is 1. The standard InChI is InChI=1S/C26H27F3N8O2/c1-15-33-21(20-11-31-35(2)22(20)16-3-5-18(6-4-16)26(27,28)29)23-24(30-14-32-37(15)23)36-9-7-19(12-36)34-25(38)17-8-10-39-13-17/h3-6,11,14,17,19H,7-10,12-13H2,1-2H3,(H,34,38)/t17?,19-/m0/s1. The van der Waals surface area contributed by atoms with E-state index in [0.717, 1.165) is 25.0 Å². The third-order valence-electron chi connectivity index (χ3n) is 7.39. The SMILES string of the molecule is Cc1nc(-c2cnn(C)c2-c2ccc(C(F)(F)F)cc2)c2c(N3CC[C@H](NC(=O)C4CCOC4)C3)ncnn12. The molecule has 1 aromatic carbocycles. The highest BCUT2D eigenvalue weighted by atomic mass is 19.4. The first-order chi connectivity index (χ1) is 18.7. The van der Waals surface area contributed by atoms with Gasteiger partial charge in [0, 0.05) is 43.9 Å². The van der Waals surface area contributed by atoms with Crippen LogP contribution in [0.15, 0.2) is 36.8 Å². The molecule has 0 aliphatic carbocycles. The van der Waals surface area contributed by atoms with E-state index in [2.05, 4.69) is 25.4 Å². The summed E-state index contributed by atoms with van der Waals surface area (Å²) < 4.78 is 48.1. The van der Waals surface area contributed by atoms with Crippen molar-refractivity contribution in [1.29, 1.82) is 0 Å². The molecule has 0 bridgehead atoms. The Balaban J connectivity index is 1.35. The molecule has 6 rings (SSSR count). The first kappa shape index (κ1) is 25.3. The van der Waals surface area contributed by atoms with E-state index in [1.54, 1.807) is 22.4 Å². The summed E-state index contributed by atoms with van der Waals surface area (Å²) in [6, 6.07) is 4.98. The van der Waals surface area contributed by atoms with E-state index in [1.165, 1.54) is 18.5 Å². The highest BCUT2D eigenvalue weighted by molar-refractivity contribution is 5.92. The highest BCUT2D eigenvalue weighted by Crippen LogP contribution is 2.38. The van der Waals surface area contributed by atoms with Crippen LogP contribution in [0, 0.1) is 12.8 Å². The van der Waals surface area contributed by atoms with Crippen LogP contribution in [0.4, 0.5) is 19.0 Å². The average molecular weight is 541 g/mol. The molecule has 39 heavy (non-hydrogen) atoms. The minimum Gasteiger partial charge on any atom is -0.381 e. The van der Waals surface area contributed by atoms with E-state index in [0.29, 0.717) is 66.0 Å². The Labute approximate surface area is 221 Å². The van der Waals surface area contributed by atoms with Crippen molar-refractivity contribution < 1.29 is 22.7 Å². The number of hydrogen-bond acceptors (Lipinski definition) is 7. The van der Waals surface area contributed by atoms with Crippen LogP contribution in [0.25, 0.3) is 28.0 Å². The molecule has 2 aliphatic rings. The molecule has 2 atom stereocenters. The van der Waals surface area contributed by atoms with Crippen molar-refractivity contribution in [2.75, 3.05) is 31.2 Å². The first-order valence-corrected chi connectivity index (χ1v) is 12.7. The van der Waals surface area contributed by atoms with Gasteiger partial charge in [-0.2, -0.15) is 23.4 Å². The van der Waals surface area contributed by atoms with Crippen molar-refractivity contribution >= 4 is 17.2 Å². The average Bonchev–Trinajstić information content (AvgIpc) is 3.71. The molecule has 1 unspecified atom stereocenters. The molecule has 2 fully saturated rings. The zero-order chi connectivity index (χ0) is 27.3. The van der Waals surface area contributed by atoms with Crippen LogP contribution in [0.3, 0.4) is 0 Å². The molecule has 4 aromatic rings. The van der Waals surface area contributed by atoms with Gasteiger partial charge in [-0.1, -0.05) is 12.1 Å². The monoisotopic (exact) mass is 540 g/mol. The maximum Gasteiger partial charge on any atom is 0.416 e. The summed E-state index contributed by atoms with van der Waals surface area (Å²) in [6.07, 6.45) is 0.210. The fourth-order valence-electron chi connectivity index (χ4n) is 5.38. The van der Waals surface area contributed by atoms with Crippen molar-refractivity contribution in [1.82, 2.24) is 34.7 Å². The van der Waals surface area contributed by atoms with E-state index in [4.69, 9.17) is 9.72 Å². The highest BCUT2D eigenvalue weighted by Gasteiger charge is 2.33. The zero-order valence-electron chi connectivity index (χ0n) is 21.4. The van der Waals surface area contributed by atoms with Crippen LogP contribution < -0.4 is 10.2 Å². The number of nitrogens with one attached hydrogen (secondary N) is 1. The lowest BCUT2D eigenvalue weighted by atomic mass is 10.0. The maximum absolute atomic E-state index is 13.2. The van der Waals surface area contributed by atoms with E-state index >= 15 is 0 Å². The summed E-state index contributed by atoms with van der Waals surface area (Å²) in [7, 11) is 1.74. The number of amides is 1. The number of nitrogens with zero attached hydrogens (tertiary/aromatic N) is 7. The van der Waals surface area contributed by atoms with Crippen molar-refractivity contribution in [2.45, 2.75) is 32.0 Å². The van der Waals surface area contributed by atoms with Crippen LogP contribution in [0.5, 0.6) is 0 Å². The molecule has 1 amide bonds.